The molecule has 0 saturated heterocycles. The van der Waals surface area contributed by atoms with Gasteiger partial charge in [0.25, 0.3) is 0 Å². The summed E-state index contributed by atoms with van der Waals surface area (Å²) in [6, 6.07) is 0.0236. The number of carbonyl (C=O) groups is 1. The Morgan fingerprint density at radius 2 is 2.17 bits per heavy atom. The van der Waals surface area contributed by atoms with Crippen LogP contribution in [-0.4, -0.2) is 29.9 Å². The lowest BCUT2D eigenvalue weighted by atomic mass is 9.83. The van der Waals surface area contributed by atoms with Crippen molar-refractivity contribution in [1.29, 1.82) is 0 Å². The summed E-state index contributed by atoms with van der Waals surface area (Å²) >= 11 is 0. The summed E-state index contributed by atoms with van der Waals surface area (Å²) in [5.41, 5.74) is 7.62. The van der Waals surface area contributed by atoms with Gasteiger partial charge in [-0.05, 0) is 18.3 Å². The van der Waals surface area contributed by atoms with Crippen LogP contribution in [0.3, 0.4) is 0 Å². The van der Waals surface area contributed by atoms with E-state index in [-0.39, 0.29) is 17.4 Å². The molecule has 0 radical (unpaired) electrons. The van der Waals surface area contributed by atoms with Crippen molar-refractivity contribution in [3.8, 4) is 0 Å². The highest BCUT2D eigenvalue weighted by Crippen LogP contribution is 2.30. The van der Waals surface area contributed by atoms with Gasteiger partial charge in [-0.2, -0.15) is 0 Å². The van der Waals surface area contributed by atoms with Crippen LogP contribution in [0.2, 0.25) is 0 Å². The Bertz CT molecular complexity index is 315. The van der Waals surface area contributed by atoms with E-state index in [1.807, 2.05) is 4.90 Å². The minimum atomic E-state index is 0.0236. The minimum absolute atomic E-state index is 0.0236. The standard InChI is InChI=1S/C15H28N2O/c1-5-6-13(16)11-14(18)17-9-7-12(8-10-17)15(2,3)4/h7,13H,5-6,8-11,16H2,1-4H3. The van der Waals surface area contributed by atoms with Crippen LogP contribution in [0.4, 0.5) is 0 Å². The number of nitrogens with zero attached hydrogens (tertiary/aromatic N) is 1. The van der Waals surface area contributed by atoms with Crippen molar-refractivity contribution in [3.05, 3.63) is 11.6 Å². The summed E-state index contributed by atoms with van der Waals surface area (Å²) < 4.78 is 0. The Hall–Kier alpha value is -0.830. The predicted molar refractivity (Wildman–Crippen MR) is 76.2 cm³/mol. The first-order chi connectivity index (χ1) is 8.34. The van der Waals surface area contributed by atoms with E-state index in [0.29, 0.717) is 6.42 Å². The van der Waals surface area contributed by atoms with E-state index in [4.69, 9.17) is 5.73 Å². The van der Waals surface area contributed by atoms with Gasteiger partial charge in [0.05, 0.1) is 0 Å². The summed E-state index contributed by atoms with van der Waals surface area (Å²) in [5.74, 6) is 0.208. The molecule has 1 aliphatic heterocycles. The SMILES string of the molecule is CCCC(N)CC(=O)N1CC=C(C(C)(C)C)CC1. The van der Waals surface area contributed by atoms with Crippen molar-refractivity contribution in [2.75, 3.05) is 13.1 Å². The van der Waals surface area contributed by atoms with Crippen LogP contribution in [0, 0.1) is 5.41 Å². The number of hydrogen-bond donors (Lipinski definition) is 1. The van der Waals surface area contributed by atoms with Crippen molar-refractivity contribution >= 4 is 5.91 Å². The van der Waals surface area contributed by atoms with Gasteiger partial charge >= 0.3 is 0 Å². The minimum Gasteiger partial charge on any atom is -0.339 e. The van der Waals surface area contributed by atoms with Gasteiger partial charge in [0.2, 0.25) is 5.91 Å². The van der Waals surface area contributed by atoms with Crippen LogP contribution >= 0.6 is 0 Å². The lowest BCUT2D eigenvalue weighted by molar-refractivity contribution is -0.131. The molecule has 18 heavy (non-hydrogen) atoms. The molecular weight excluding hydrogens is 224 g/mol. The van der Waals surface area contributed by atoms with E-state index in [2.05, 4.69) is 33.8 Å². The second kappa shape index (κ2) is 6.37. The van der Waals surface area contributed by atoms with E-state index in [0.717, 1.165) is 32.4 Å². The molecule has 3 nitrogen and oxygen atoms in total. The highest BCUT2D eigenvalue weighted by Gasteiger charge is 2.24. The lowest BCUT2D eigenvalue weighted by Gasteiger charge is -2.32. The summed E-state index contributed by atoms with van der Waals surface area (Å²) in [5, 5.41) is 0. The average molecular weight is 252 g/mol. The molecule has 1 unspecified atom stereocenters. The summed E-state index contributed by atoms with van der Waals surface area (Å²) in [4.78, 5) is 14.0. The molecule has 1 atom stereocenters. The van der Waals surface area contributed by atoms with Gasteiger partial charge in [-0.3, -0.25) is 4.79 Å². The molecule has 1 rings (SSSR count). The van der Waals surface area contributed by atoms with Crippen LogP contribution in [-0.2, 0) is 4.79 Å². The maximum Gasteiger partial charge on any atom is 0.224 e. The fourth-order valence-corrected chi connectivity index (χ4v) is 2.40. The Morgan fingerprint density at radius 1 is 1.50 bits per heavy atom. The van der Waals surface area contributed by atoms with E-state index in [9.17, 15) is 4.79 Å². The number of carbonyl (C=O) groups excluding carboxylic acids is 1. The number of nitrogens with two attached hydrogens (primary N) is 1. The van der Waals surface area contributed by atoms with Crippen molar-refractivity contribution in [3.63, 3.8) is 0 Å². The molecule has 0 spiro atoms. The third-order valence-corrected chi connectivity index (χ3v) is 3.62. The summed E-state index contributed by atoms with van der Waals surface area (Å²) in [6.45, 7) is 10.4. The largest absolute Gasteiger partial charge is 0.339 e. The molecule has 3 heteroatoms. The van der Waals surface area contributed by atoms with Crippen molar-refractivity contribution in [1.82, 2.24) is 4.90 Å². The van der Waals surface area contributed by atoms with Gasteiger partial charge in [-0.15, -0.1) is 0 Å². The van der Waals surface area contributed by atoms with Gasteiger partial charge in [-0.25, -0.2) is 0 Å². The van der Waals surface area contributed by atoms with Crippen molar-refractivity contribution < 1.29 is 4.79 Å². The van der Waals surface area contributed by atoms with E-state index >= 15 is 0 Å². The average Bonchev–Trinajstić information content (AvgIpc) is 2.28. The third kappa shape index (κ3) is 4.45. The quantitative estimate of drug-likeness (QED) is 0.782. The number of hydrogen-bond acceptors (Lipinski definition) is 2. The highest BCUT2D eigenvalue weighted by atomic mass is 16.2. The second-order valence-corrected chi connectivity index (χ2v) is 6.32. The zero-order valence-electron chi connectivity index (χ0n) is 12.3. The molecule has 0 aromatic heterocycles. The molecule has 0 aromatic rings. The topological polar surface area (TPSA) is 46.3 Å². The van der Waals surface area contributed by atoms with Crippen molar-refractivity contribution in [2.45, 2.75) is 59.4 Å². The van der Waals surface area contributed by atoms with Gasteiger partial charge in [0.15, 0.2) is 0 Å². The molecule has 0 aromatic carbocycles. The van der Waals surface area contributed by atoms with Crippen LogP contribution in [0.1, 0.15) is 53.4 Å². The van der Waals surface area contributed by atoms with Crippen LogP contribution < -0.4 is 5.73 Å². The molecule has 1 heterocycles. The van der Waals surface area contributed by atoms with Gasteiger partial charge in [0.1, 0.15) is 0 Å². The van der Waals surface area contributed by atoms with Gasteiger partial charge in [0, 0.05) is 25.6 Å². The Kier molecular flexibility index (Phi) is 5.39. The zero-order valence-corrected chi connectivity index (χ0v) is 12.3. The fraction of sp³-hybridized carbons (Fsp3) is 0.800. The molecule has 0 bridgehead atoms. The van der Waals surface area contributed by atoms with E-state index in [1.54, 1.807) is 0 Å². The molecule has 0 aliphatic carbocycles. The maximum atomic E-state index is 12.1. The zero-order chi connectivity index (χ0) is 13.8. The summed E-state index contributed by atoms with van der Waals surface area (Å²) in [6.07, 6.45) is 5.68. The lowest BCUT2D eigenvalue weighted by Crippen LogP contribution is -2.39. The van der Waals surface area contributed by atoms with Gasteiger partial charge < -0.3 is 10.6 Å². The number of amides is 1. The molecule has 0 fully saturated rings. The second-order valence-electron chi connectivity index (χ2n) is 6.32. The molecule has 1 aliphatic rings. The van der Waals surface area contributed by atoms with E-state index in [1.165, 1.54) is 5.57 Å². The molecule has 1 amide bonds. The predicted octanol–water partition coefficient (Wildman–Crippen LogP) is 2.71. The maximum absolute atomic E-state index is 12.1. The first-order valence-corrected chi connectivity index (χ1v) is 7.07. The third-order valence-electron chi connectivity index (χ3n) is 3.62. The Labute approximate surface area is 111 Å². The normalized spacial score (nSPS) is 18.5. The first kappa shape index (κ1) is 15.2. The van der Waals surface area contributed by atoms with Crippen LogP contribution in [0.15, 0.2) is 11.6 Å². The first-order valence-electron chi connectivity index (χ1n) is 7.07. The van der Waals surface area contributed by atoms with Crippen molar-refractivity contribution in [2.24, 2.45) is 11.1 Å². The monoisotopic (exact) mass is 252 g/mol. The molecule has 0 saturated carbocycles. The Morgan fingerprint density at radius 3 is 2.61 bits per heavy atom. The van der Waals surface area contributed by atoms with E-state index < -0.39 is 0 Å². The summed E-state index contributed by atoms with van der Waals surface area (Å²) in [7, 11) is 0. The van der Waals surface area contributed by atoms with Crippen LogP contribution in [0.25, 0.3) is 0 Å². The highest BCUT2D eigenvalue weighted by molar-refractivity contribution is 5.77. The van der Waals surface area contributed by atoms with Crippen LogP contribution in [0.5, 0.6) is 0 Å². The fourth-order valence-electron chi connectivity index (χ4n) is 2.40. The van der Waals surface area contributed by atoms with Gasteiger partial charge in [-0.1, -0.05) is 45.8 Å². The Balaban J connectivity index is 2.47. The smallest absolute Gasteiger partial charge is 0.224 e. The molecular formula is C15H28N2O. The number of rotatable bonds is 4. The molecule has 104 valence electrons. The molecule has 2 N–H and O–H groups in total.